The first-order chi connectivity index (χ1) is 11.8. The molecule has 1 N–H and O–H groups in total. The second-order valence-corrected chi connectivity index (χ2v) is 8.96. The number of hydrogen-bond donors (Lipinski definition) is 1. The summed E-state index contributed by atoms with van der Waals surface area (Å²) in [6.07, 6.45) is 3.85. The van der Waals surface area contributed by atoms with Crippen LogP contribution in [0.3, 0.4) is 0 Å². The van der Waals surface area contributed by atoms with E-state index >= 15 is 0 Å². The number of aromatic nitrogens is 1. The summed E-state index contributed by atoms with van der Waals surface area (Å²) < 4.78 is 23.7. The molecule has 1 fully saturated rings. The van der Waals surface area contributed by atoms with Crippen molar-refractivity contribution in [1.82, 2.24) is 4.98 Å². The summed E-state index contributed by atoms with van der Waals surface area (Å²) in [4.78, 5) is 6.77. The molecule has 0 radical (unpaired) electrons. The van der Waals surface area contributed by atoms with E-state index in [-0.39, 0.29) is 4.90 Å². The SMILES string of the molecule is Cc1ccc(Cl)cc1N1CCC(CNc2ncccc2S(C)(=O)=O)C1. The van der Waals surface area contributed by atoms with E-state index in [0.717, 1.165) is 24.5 Å². The lowest BCUT2D eigenvalue weighted by molar-refractivity contribution is 0.600. The number of benzene rings is 1. The van der Waals surface area contributed by atoms with Gasteiger partial charge in [0.1, 0.15) is 10.7 Å². The number of anilines is 2. The van der Waals surface area contributed by atoms with Crippen LogP contribution >= 0.6 is 11.6 Å². The molecule has 0 spiro atoms. The average Bonchev–Trinajstić information content (AvgIpc) is 3.03. The normalized spacial score (nSPS) is 17.7. The Morgan fingerprint density at radius 3 is 2.92 bits per heavy atom. The first-order valence-electron chi connectivity index (χ1n) is 8.24. The van der Waals surface area contributed by atoms with Crippen molar-refractivity contribution in [3.8, 4) is 0 Å². The third-order valence-electron chi connectivity index (χ3n) is 4.53. The number of hydrogen-bond acceptors (Lipinski definition) is 5. The van der Waals surface area contributed by atoms with Gasteiger partial charge in [0.25, 0.3) is 0 Å². The number of sulfone groups is 1. The Morgan fingerprint density at radius 2 is 2.16 bits per heavy atom. The molecule has 2 aromatic rings. The van der Waals surface area contributed by atoms with Gasteiger partial charge in [-0.1, -0.05) is 17.7 Å². The first kappa shape index (κ1) is 18.0. The van der Waals surface area contributed by atoms with E-state index < -0.39 is 9.84 Å². The largest absolute Gasteiger partial charge is 0.371 e. The topological polar surface area (TPSA) is 62.3 Å². The van der Waals surface area contributed by atoms with Gasteiger partial charge in [-0.05, 0) is 49.1 Å². The Hall–Kier alpha value is -1.79. The summed E-state index contributed by atoms with van der Waals surface area (Å²) >= 11 is 6.13. The van der Waals surface area contributed by atoms with Crippen LogP contribution in [0.1, 0.15) is 12.0 Å². The molecule has 1 atom stereocenters. The van der Waals surface area contributed by atoms with E-state index in [1.807, 2.05) is 18.2 Å². The minimum atomic E-state index is -3.29. The van der Waals surface area contributed by atoms with E-state index in [1.54, 1.807) is 18.3 Å². The van der Waals surface area contributed by atoms with Crippen LogP contribution in [0.25, 0.3) is 0 Å². The number of halogens is 1. The number of rotatable bonds is 5. The predicted octanol–water partition coefficient (Wildman–Crippen LogP) is 3.39. The maximum atomic E-state index is 11.9. The molecular formula is C18H22ClN3O2S. The second kappa shape index (κ2) is 7.22. The van der Waals surface area contributed by atoms with Gasteiger partial charge in [0, 0.05) is 42.8 Å². The van der Waals surface area contributed by atoms with E-state index in [4.69, 9.17) is 11.6 Å². The van der Waals surface area contributed by atoms with Crippen molar-refractivity contribution in [1.29, 1.82) is 0 Å². The highest BCUT2D eigenvalue weighted by molar-refractivity contribution is 7.90. The molecule has 1 aliphatic rings. The zero-order valence-electron chi connectivity index (χ0n) is 14.4. The van der Waals surface area contributed by atoms with Crippen LogP contribution in [0.15, 0.2) is 41.4 Å². The maximum Gasteiger partial charge on any atom is 0.179 e. The maximum absolute atomic E-state index is 11.9. The molecule has 5 nitrogen and oxygen atoms in total. The van der Waals surface area contributed by atoms with Crippen LogP contribution in [0.2, 0.25) is 5.02 Å². The molecule has 2 heterocycles. The van der Waals surface area contributed by atoms with Crippen LogP contribution in [0.4, 0.5) is 11.5 Å². The van der Waals surface area contributed by atoms with Crippen LogP contribution in [-0.2, 0) is 9.84 Å². The van der Waals surface area contributed by atoms with Crippen LogP contribution in [-0.4, -0.2) is 39.3 Å². The molecule has 3 rings (SSSR count). The zero-order valence-corrected chi connectivity index (χ0v) is 15.9. The van der Waals surface area contributed by atoms with Crippen molar-refractivity contribution in [3.05, 3.63) is 47.1 Å². The van der Waals surface area contributed by atoms with Crippen LogP contribution < -0.4 is 10.2 Å². The highest BCUT2D eigenvalue weighted by atomic mass is 35.5. The van der Waals surface area contributed by atoms with Crippen molar-refractivity contribution in [3.63, 3.8) is 0 Å². The number of nitrogens with zero attached hydrogens (tertiary/aromatic N) is 2. The van der Waals surface area contributed by atoms with Crippen molar-refractivity contribution in [2.45, 2.75) is 18.2 Å². The lowest BCUT2D eigenvalue weighted by Gasteiger charge is -2.21. The van der Waals surface area contributed by atoms with Gasteiger partial charge in [-0.3, -0.25) is 0 Å². The summed E-state index contributed by atoms with van der Waals surface area (Å²) in [5.74, 6) is 0.857. The fourth-order valence-corrected chi connectivity index (χ4v) is 4.17. The van der Waals surface area contributed by atoms with Crippen molar-refractivity contribution >= 4 is 32.9 Å². The minimum absolute atomic E-state index is 0.246. The van der Waals surface area contributed by atoms with Gasteiger partial charge in [-0.15, -0.1) is 0 Å². The zero-order chi connectivity index (χ0) is 18.0. The fraction of sp³-hybridized carbons (Fsp3) is 0.389. The van der Waals surface area contributed by atoms with Crippen LogP contribution in [0.5, 0.6) is 0 Å². The first-order valence-corrected chi connectivity index (χ1v) is 10.5. The molecule has 0 aliphatic carbocycles. The average molecular weight is 380 g/mol. The molecule has 7 heteroatoms. The Labute approximate surface area is 153 Å². The lowest BCUT2D eigenvalue weighted by atomic mass is 10.1. The van der Waals surface area contributed by atoms with Gasteiger partial charge >= 0.3 is 0 Å². The molecule has 1 aromatic carbocycles. The highest BCUT2D eigenvalue weighted by Crippen LogP contribution is 2.29. The number of aryl methyl sites for hydroxylation is 1. The Balaban J connectivity index is 1.66. The molecular weight excluding hydrogens is 358 g/mol. The molecule has 0 bridgehead atoms. The van der Waals surface area contributed by atoms with Gasteiger partial charge in [0.05, 0.1) is 0 Å². The third-order valence-corrected chi connectivity index (χ3v) is 5.89. The molecule has 1 unspecified atom stereocenters. The van der Waals surface area contributed by atoms with Crippen molar-refractivity contribution in [2.75, 3.05) is 36.1 Å². The summed E-state index contributed by atoms with van der Waals surface area (Å²) in [5.41, 5.74) is 2.38. The lowest BCUT2D eigenvalue weighted by Crippen LogP contribution is -2.23. The van der Waals surface area contributed by atoms with Gasteiger partial charge in [-0.25, -0.2) is 13.4 Å². The molecule has 0 saturated carbocycles. The van der Waals surface area contributed by atoms with Gasteiger partial charge < -0.3 is 10.2 Å². The minimum Gasteiger partial charge on any atom is -0.371 e. The summed E-state index contributed by atoms with van der Waals surface area (Å²) in [6.45, 7) is 4.66. The van der Waals surface area contributed by atoms with Crippen molar-refractivity contribution < 1.29 is 8.42 Å². The Bertz CT molecular complexity index is 870. The Morgan fingerprint density at radius 1 is 1.36 bits per heavy atom. The van der Waals surface area contributed by atoms with E-state index in [1.165, 1.54) is 17.5 Å². The summed E-state index contributed by atoms with van der Waals surface area (Å²) in [5, 5.41) is 3.96. The van der Waals surface area contributed by atoms with Gasteiger partial charge in [0.2, 0.25) is 0 Å². The monoisotopic (exact) mass is 379 g/mol. The van der Waals surface area contributed by atoms with E-state index in [2.05, 4.69) is 22.1 Å². The van der Waals surface area contributed by atoms with E-state index in [9.17, 15) is 8.42 Å². The predicted molar refractivity (Wildman–Crippen MR) is 102 cm³/mol. The van der Waals surface area contributed by atoms with Gasteiger partial charge in [0.15, 0.2) is 9.84 Å². The van der Waals surface area contributed by atoms with Crippen molar-refractivity contribution in [2.24, 2.45) is 5.92 Å². The molecule has 1 aromatic heterocycles. The molecule has 25 heavy (non-hydrogen) atoms. The second-order valence-electron chi connectivity index (χ2n) is 6.53. The highest BCUT2D eigenvalue weighted by Gasteiger charge is 2.24. The smallest absolute Gasteiger partial charge is 0.179 e. The quantitative estimate of drug-likeness (QED) is 0.862. The Kier molecular flexibility index (Phi) is 5.20. The molecule has 1 aliphatic heterocycles. The van der Waals surface area contributed by atoms with Crippen LogP contribution in [0, 0.1) is 12.8 Å². The molecule has 1 saturated heterocycles. The standard InChI is InChI=1S/C18H22ClN3O2S/c1-13-5-6-15(19)10-16(13)22-9-7-14(12-22)11-21-18-17(25(2,23)24)4-3-8-20-18/h3-6,8,10,14H,7,9,11-12H2,1-2H3,(H,20,21). The van der Waals surface area contributed by atoms with E-state index in [0.29, 0.717) is 18.3 Å². The molecule has 134 valence electrons. The summed E-state index contributed by atoms with van der Waals surface area (Å²) in [6, 6.07) is 9.17. The summed E-state index contributed by atoms with van der Waals surface area (Å²) in [7, 11) is -3.29. The number of pyridine rings is 1. The fourth-order valence-electron chi connectivity index (χ4n) is 3.20. The molecule has 0 amide bonds. The van der Waals surface area contributed by atoms with Gasteiger partial charge in [-0.2, -0.15) is 0 Å². The third kappa shape index (κ3) is 4.25. The number of nitrogens with one attached hydrogen (secondary N) is 1.